The zero-order valence-corrected chi connectivity index (χ0v) is 12.3. The Morgan fingerprint density at radius 2 is 2.05 bits per heavy atom. The molecule has 19 heavy (non-hydrogen) atoms. The summed E-state index contributed by atoms with van der Waals surface area (Å²) in [5, 5.41) is 4.10. The van der Waals surface area contributed by atoms with E-state index in [-0.39, 0.29) is 0 Å². The third-order valence-electron chi connectivity index (χ3n) is 3.30. The van der Waals surface area contributed by atoms with Gasteiger partial charge in [0.05, 0.1) is 0 Å². The van der Waals surface area contributed by atoms with Gasteiger partial charge in [-0.15, -0.1) is 0 Å². The number of nitrogens with zero attached hydrogens (tertiary/aromatic N) is 3. The fourth-order valence-electron chi connectivity index (χ4n) is 2.34. The van der Waals surface area contributed by atoms with Gasteiger partial charge in [0.2, 0.25) is 0 Å². The van der Waals surface area contributed by atoms with Crippen molar-refractivity contribution < 1.29 is 0 Å². The second-order valence-electron chi connectivity index (χ2n) is 4.53. The van der Waals surface area contributed by atoms with Crippen molar-refractivity contribution in [1.82, 2.24) is 10.2 Å². The van der Waals surface area contributed by atoms with Gasteiger partial charge < -0.3 is 15.1 Å². The number of piperazine rings is 1. The first-order chi connectivity index (χ1) is 9.24. The lowest BCUT2D eigenvalue weighted by Gasteiger charge is -2.37. The largest absolute Gasteiger partial charge is 0.368 e. The smallest absolute Gasteiger partial charge is 0.193 e. The van der Waals surface area contributed by atoms with Gasteiger partial charge in [-0.25, -0.2) is 0 Å². The number of benzene rings is 1. The van der Waals surface area contributed by atoms with E-state index in [1.165, 1.54) is 5.69 Å². The average Bonchev–Trinajstić information content (AvgIpc) is 2.45. The maximum absolute atomic E-state index is 6.04. The highest BCUT2D eigenvalue weighted by molar-refractivity contribution is 6.30. The predicted molar refractivity (Wildman–Crippen MR) is 82.3 cm³/mol. The summed E-state index contributed by atoms with van der Waals surface area (Å²) >= 11 is 6.04. The van der Waals surface area contributed by atoms with Crippen LogP contribution in [-0.2, 0) is 0 Å². The maximum Gasteiger partial charge on any atom is 0.193 e. The van der Waals surface area contributed by atoms with E-state index in [1.54, 1.807) is 0 Å². The second kappa shape index (κ2) is 6.66. The monoisotopic (exact) mass is 280 g/mol. The minimum Gasteiger partial charge on any atom is -0.368 e. The first-order valence-electron chi connectivity index (χ1n) is 6.70. The van der Waals surface area contributed by atoms with E-state index >= 15 is 0 Å². The summed E-state index contributed by atoms with van der Waals surface area (Å²) in [5.41, 5.74) is 1.20. The van der Waals surface area contributed by atoms with Crippen LogP contribution in [0, 0.1) is 0 Å². The number of anilines is 1. The van der Waals surface area contributed by atoms with Gasteiger partial charge >= 0.3 is 0 Å². The molecule has 0 aromatic heterocycles. The maximum atomic E-state index is 6.04. The van der Waals surface area contributed by atoms with Crippen molar-refractivity contribution in [3.8, 4) is 0 Å². The zero-order valence-electron chi connectivity index (χ0n) is 11.6. The number of hydrogen-bond acceptors (Lipinski definition) is 2. The Hall–Kier alpha value is -1.42. The van der Waals surface area contributed by atoms with E-state index in [0.29, 0.717) is 0 Å². The fraction of sp³-hybridized carbons (Fsp3) is 0.500. The van der Waals surface area contributed by atoms with Gasteiger partial charge in [0.25, 0.3) is 0 Å². The molecule has 1 aromatic rings. The summed E-state index contributed by atoms with van der Waals surface area (Å²) in [5.74, 6) is 0.994. The lowest BCUT2D eigenvalue weighted by Crippen LogP contribution is -2.52. The molecule has 104 valence electrons. The molecule has 1 N–H and O–H groups in total. The molecule has 0 amide bonds. The van der Waals surface area contributed by atoms with Crippen molar-refractivity contribution in [1.29, 1.82) is 0 Å². The molecule has 0 aliphatic carbocycles. The quantitative estimate of drug-likeness (QED) is 0.665. The number of hydrogen-bond donors (Lipinski definition) is 1. The molecule has 4 nitrogen and oxygen atoms in total. The average molecular weight is 281 g/mol. The molecule has 0 spiro atoms. The van der Waals surface area contributed by atoms with Crippen LogP contribution >= 0.6 is 11.6 Å². The summed E-state index contributed by atoms with van der Waals surface area (Å²) < 4.78 is 0. The first-order valence-corrected chi connectivity index (χ1v) is 7.08. The first kappa shape index (κ1) is 14.0. The molecule has 0 unspecified atom stereocenters. The van der Waals surface area contributed by atoms with E-state index in [1.807, 2.05) is 25.2 Å². The zero-order chi connectivity index (χ0) is 13.7. The van der Waals surface area contributed by atoms with Crippen LogP contribution in [-0.4, -0.2) is 50.6 Å². The number of rotatable bonds is 2. The molecule has 2 rings (SSSR count). The van der Waals surface area contributed by atoms with Gasteiger partial charge in [0.1, 0.15) is 0 Å². The van der Waals surface area contributed by atoms with E-state index in [4.69, 9.17) is 11.6 Å². The number of aliphatic imine (C=N–C) groups is 1. The van der Waals surface area contributed by atoms with Crippen LogP contribution < -0.4 is 10.2 Å². The SMILES string of the molecule is CCNC(=NC)N1CCN(c2cccc(Cl)c2)CC1. The molecule has 1 fully saturated rings. The number of halogens is 1. The highest BCUT2D eigenvalue weighted by atomic mass is 35.5. The Kier molecular flexibility index (Phi) is 4.91. The number of nitrogens with one attached hydrogen (secondary N) is 1. The van der Waals surface area contributed by atoms with Crippen molar-refractivity contribution in [2.75, 3.05) is 44.7 Å². The van der Waals surface area contributed by atoms with Crippen molar-refractivity contribution in [3.63, 3.8) is 0 Å². The summed E-state index contributed by atoms with van der Waals surface area (Å²) in [6, 6.07) is 8.05. The van der Waals surface area contributed by atoms with Gasteiger partial charge in [0.15, 0.2) is 5.96 Å². The Bertz CT molecular complexity index is 439. The highest BCUT2D eigenvalue weighted by Gasteiger charge is 2.19. The second-order valence-corrected chi connectivity index (χ2v) is 4.97. The lowest BCUT2D eigenvalue weighted by molar-refractivity contribution is 0.373. The molecule has 0 saturated carbocycles. The summed E-state index contributed by atoms with van der Waals surface area (Å²) in [4.78, 5) is 8.96. The minimum absolute atomic E-state index is 0.795. The van der Waals surface area contributed by atoms with Crippen LogP contribution in [0.1, 0.15) is 6.92 Å². The summed E-state index contributed by atoms with van der Waals surface area (Å²) in [6.45, 7) is 6.93. The van der Waals surface area contributed by atoms with Crippen LogP contribution in [0.4, 0.5) is 5.69 Å². The molecule has 1 heterocycles. The molecular formula is C14H21ClN4. The van der Waals surface area contributed by atoms with Gasteiger partial charge in [-0.1, -0.05) is 17.7 Å². The standard InChI is InChI=1S/C14H21ClN4/c1-3-17-14(16-2)19-9-7-18(8-10-19)13-6-4-5-12(15)11-13/h4-6,11H,3,7-10H2,1-2H3,(H,16,17). The van der Waals surface area contributed by atoms with E-state index in [9.17, 15) is 0 Å². The molecule has 0 radical (unpaired) electrons. The lowest BCUT2D eigenvalue weighted by atomic mass is 10.2. The fourth-order valence-corrected chi connectivity index (χ4v) is 2.52. The predicted octanol–water partition coefficient (Wildman–Crippen LogP) is 2.06. The third-order valence-corrected chi connectivity index (χ3v) is 3.53. The summed E-state index contributed by atoms with van der Waals surface area (Å²) in [7, 11) is 1.83. The normalized spacial score (nSPS) is 16.7. The van der Waals surface area contributed by atoms with E-state index < -0.39 is 0 Å². The highest BCUT2D eigenvalue weighted by Crippen LogP contribution is 2.20. The Labute approximate surface area is 120 Å². The molecule has 1 aromatic carbocycles. The molecule has 0 atom stereocenters. The third kappa shape index (κ3) is 3.53. The van der Waals surface area contributed by atoms with Crippen LogP contribution in [0.3, 0.4) is 0 Å². The topological polar surface area (TPSA) is 30.9 Å². The van der Waals surface area contributed by atoms with Crippen LogP contribution in [0.5, 0.6) is 0 Å². The van der Waals surface area contributed by atoms with Crippen molar-refractivity contribution in [2.45, 2.75) is 6.92 Å². The molecule has 5 heteroatoms. The Morgan fingerprint density at radius 3 is 2.63 bits per heavy atom. The van der Waals surface area contributed by atoms with Gasteiger partial charge in [-0.2, -0.15) is 0 Å². The number of guanidine groups is 1. The van der Waals surface area contributed by atoms with Crippen LogP contribution in [0.2, 0.25) is 5.02 Å². The van der Waals surface area contributed by atoms with Gasteiger partial charge in [-0.05, 0) is 25.1 Å². The molecule has 1 aliphatic rings. The Balaban J connectivity index is 1.95. The van der Waals surface area contributed by atoms with Crippen molar-refractivity contribution in [2.24, 2.45) is 4.99 Å². The summed E-state index contributed by atoms with van der Waals surface area (Å²) in [6.07, 6.45) is 0. The molecule has 1 aliphatic heterocycles. The van der Waals surface area contributed by atoms with E-state index in [2.05, 4.69) is 33.1 Å². The van der Waals surface area contributed by atoms with Gasteiger partial charge in [0, 0.05) is 50.5 Å². The van der Waals surface area contributed by atoms with Crippen LogP contribution in [0.15, 0.2) is 29.3 Å². The van der Waals surface area contributed by atoms with E-state index in [0.717, 1.165) is 43.7 Å². The van der Waals surface area contributed by atoms with Crippen molar-refractivity contribution in [3.05, 3.63) is 29.3 Å². The minimum atomic E-state index is 0.795. The van der Waals surface area contributed by atoms with Gasteiger partial charge in [-0.3, -0.25) is 4.99 Å². The Morgan fingerprint density at radius 1 is 1.32 bits per heavy atom. The molecule has 0 bridgehead atoms. The molecular weight excluding hydrogens is 260 g/mol. The molecule has 1 saturated heterocycles. The van der Waals surface area contributed by atoms with Crippen molar-refractivity contribution >= 4 is 23.2 Å². The van der Waals surface area contributed by atoms with Crippen LogP contribution in [0.25, 0.3) is 0 Å².